The molecule has 2 heterocycles. The summed E-state index contributed by atoms with van der Waals surface area (Å²) in [5, 5.41) is 20.0. The van der Waals surface area contributed by atoms with Crippen molar-refractivity contribution in [2.24, 2.45) is 0 Å². The molecule has 1 atom stereocenters. The molecule has 0 radical (unpaired) electrons. The Balaban J connectivity index is 2.03. The van der Waals surface area contributed by atoms with Crippen molar-refractivity contribution in [2.75, 3.05) is 0 Å². The van der Waals surface area contributed by atoms with Crippen LogP contribution in [0.4, 0.5) is 0 Å². The first-order valence-corrected chi connectivity index (χ1v) is 7.00. The van der Waals surface area contributed by atoms with E-state index < -0.39 is 5.97 Å². The molecule has 8 nitrogen and oxygen atoms in total. The number of carboxylic acids is 1. The lowest BCUT2D eigenvalue weighted by Gasteiger charge is -2.13. The molecule has 0 saturated carbocycles. The summed E-state index contributed by atoms with van der Waals surface area (Å²) in [4.78, 5) is 23.0. The fraction of sp³-hybridized carbons (Fsp3) is 0.429. The van der Waals surface area contributed by atoms with Crippen LogP contribution in [0.2, 0.25) is 0 Å². The van der Waals surface area contributed by atoms with Crippen LogP contribution in [0.25, 0.3) is 0 Å². The van der Waals surface area contributed by atoms with E-state index in [1.807, 2.05) is 31.6 Å². The van der Waals surface area contributed by atoms with Gasteiger partial charge in [-0.15, -0.1) is 0 Å². The molecule has 2 aromatic rings. The number of rotatable bonds is 6. The van der Waals surface area contributed by atoms with Crippen LogP contribution in [0.15, 0.2) is 18.5 Å². The molecule has 0 aromatic carbocycles. The van der Waals surface area contributed by atoms with E-state index in [2.05, 4.69) is 15.5 Å². The minimum absolute atomic E-state index is 0.0159. The number of nitrogens with one attached hydrogen (secondary N) is 1. The van der Waals surface area contributed by atoms with Crippen molar-refractivity contribution in [3.63, 3.8) is 0 Å². The van der Waals surface area contributed by atoms with E-state index in [4.69, 9.17) is 5.11 Å². The van der Waals surface area contributed by atoms with E-state index in [9.17, 15) is 9.59 Å². The maximum atomic E-state index is 12.1. The van der Waals surface area contributed by atoms with Crippen LogP contribution >= 0.6 is 0 Å². The highest BCUT2D eigenvalue weighted by Crippen LogP contribution is 2.16. The van der Waals surface area contributed by atoms with Crippen molar-refractivity contribution >= 4 is 11.9 Å². The van der Waals surface area contributed by atoms with Crippen molar-refractivity contribution in [3.8, 4) is 0 Å². The lowest BCUT2D eigenvalue weighted by molar-refractivity contribution is -0.122. The minimum Gasteiger partial charge on any atom is -0.477 e. The Morgan fingerprint density at radius 1 is 1.45 bits per heavy atom. The van der Waals surface area contributed by atoms with Gasteiger partial charge < -0.3 is 10.4 Å². The summed E-state index contributed by atoms with van der Waals surface area (Å²) >= 11 is 0. The third kappa shape index (κ3) is 3.33. The first kappa shape index (κ1) is 15.7. The summed E-state index contributed by atoms with van der Waals surface area (Å²) in [6.07, 6.45) is 3.26. The fourth-order valence-electron chi connectivity index (χ4n) is 2.26. The van der Waals surface area contributed by atoms with Crippen LogP contribution in [0.5, 0.6) is 0 Å². The van der Waals surface area contributed by atoms with Crippen LogP contribution in [-0.4, -0.2) is 36.5 Å². The highest BCUT2D eigenvalue weighted by atomic mass is 16.4. The molecule has 2 rings (SSSR count). The van der Waals surface area contributed by atoms with Gasteiger partial charge in [-0.2, -0.15) is 10.2 Å². The molecule has 0 aliphatic heterocycles. The standard InChI is InChI=1S/C14H19N5O3/c1-4-18-7-11(10(3)17-18)9(2)16-13(20)8-19-12(14(21)22)5-6-15-19/h5-7,9H,4,8H2,1-3H3,(H,16,20)(H,21,22). The summed E-state index contributed by atoms with van der Waals surface area (Å²) < 4.78 is 2.97. The molecule has 22 heavy (non-hydrogen) atoms. The average molecular weight is 305 g/mol. The van der Waals surface area contributed by atoms with Crippen molar-refractivity contribution < 1.29 is 14.7 Å². The normalized spacial score (nSPS) is 12.1. The topological polar surface area (TPSA) is 102 Å². The van der Waals surface area contributed by atoms with E-state index in [1.165, 1.54) is 12.3 Å². The Bertz CT molecular complexity index is 688. The maximum Gasteiger partial charge on any atom is 0.354 e. The van der Waals surface area contributed by atoms with Gasteiger partial charge in [-0.3, -0.25) is 9.48 Å². The third-order valence-electron chi connectivity index (χ3n) is 3.38. The quantitative estimate of drug-likeness (QED) is 0.828. The molecular weight excluding hydrogens is 286 g/mol. The van der Waals surface area contributed by atoms with E-state index in [0.717, 1.165) is 22.5 Å². The molecule has 2 N–H and O–H groups in total. The maximum absolute atomic E-state index is 12.1. The van der Waals surface area contributed by atoms with Gasteiger partial charge in [-0.1, -0.05) is 0 Å². The molecule has 2 aromatic heterocycles. The van der Waals surface area contributed by atoms with Crippen molar-refractivity contribution in [2.45, 2.75) is 39.9 Å². The summed E-state index contributed by atoms with van der Waals surface area (Å²) in [5.74, 6) is -1.42. The van der Waals surface area contributed by atoms with Crippen LogP contribution in [0, 0.1) is 6.92 Å². The number of aryl methyl sites for hydroxylation is 2. The zero-order chi connectivity index (χ0) is 16.3. The predicted molar refractivity (Wildman–Crippen MR) is 78.4 cm³/mol. The number of amides is 1. The van der Waals surface area contributed by atoms with E-state index >= 15 is 0 Å². The van der Waals surface area contributed by atoms with Gasteiger partial charge in [-0.05, 0) is 26.8 Å². The summed E-state index contributed by atoms with van der Waals surface area (Å²) in [7, 11) is 0. The lowest BCUT2D eigenvalue weighted by atomic mass is 10.1. The zero-order valence-corrected chi connectivity index (χ0v) is 12.8. The van der Waals surface area contributed by atoms with Crippen molar-refractivity contribution in [1.82, 2.24) is 24.9 Å². The molecule has 8 heteroatoms. The Morgan fingerprint density at radius 3 is 2.77 bits per heavy atom. The second-order valence-corrected chi connectivity index (χ2v) is 4.99. The fourth-order valence-corrected chi connectivity index (χ4v) is 2.26. The SMILES string of the molecule is CCn1cc(C(C)NC(=O)Cn2nccc2C(=O)O)c(C)n1. The van der Waals surface area contributed by atoms with Gasteiger partial charge in [0.15, 0.2) is 0 Å². The van der Waals surface area contributed by atoms with E-state index in [-0.39, 0.29) is 24.2 Å². The molecule has 0 saturated heterocycles. The minimum atomic E-state index is -1.11. The number of hydrogen-bond donors (Lipinski definition) is 2. The largest absolute Gasteiger partial charge is 0.477 e. The van der Waals surface area contributed by atoms with E-state index in [0.29, 0.717) is 0 Å². The molecule has 0 bridgehead atoms. The first-order valence-electron chi connectivity index (χ1n) is 7.00. The van der Waals surface area contributed by atoms with Gasteiger partial charge in [0.25, 0.3) is 0 Å². The van der Waals surface area contributed by atoms with Crippen LogP contribution in [-0.2, 0) is 17.9 Å². The Kier molecular flexibility index (Phi) is 4.59. The molecular formula is C14H19N5O3. The first-order chi connectivity index (χ1) is 10.4. The van der Waals surface area contributed by atoms with Gasteiger partial charge in [-0.25, -0.2) is 9.48 Å². The van der Waals surface area contributed by atoms with Gasteiger partial charge >= 0.3 is 5.97 Å². The van der Waals surface area contributed by atoms with Gasteiger partial charge in [0.2, 0.25) is 5.91 Å². The molecule has 0 spiro atoms. The van der Waals surface area contributed by atoms with Gasteiger partial charge in [0.1, 0.15) is 12.2 Å². The van der Waals surface area contributed by atoms with Gasteiger partial charge in [0, 0.05) is 24.5 Å². The monoisotopic (exact) mass is 305 g/mol. The number of nitrogens with zero attached hydrogens (tertiary/aromatic N) is 4. The van der Waals surface area contributed by atoms with Crippen LogP contribution < -0.4 is 5.32 Å². The second kappa shape index (κ2) is 6.42. The predicted octanol–water partition coefficient (Wildman–Crippen LogP) is 0.984. The van der Waals surface area contributed by atoms with E-state index in [1.54, 1.807) is 0 Å². The third-order valence-corrected chi connectivity index (χ3v) is 3.38. The molecule has 0 aliphatic carbocycles. The number of aromatic nitrogens is 4. The number of carbonyl (C=O) groups excluding carboxylic acids is 1. The van der Waals surface area contributed by atoms with Crippen molar-refractivity contribution in [3.05, 3.63) is 35.4 Å². The molecule has 1 amide bonds. The van der Waals surface area contributed by atoms with Crippen molar-refractivity contribution in [1.29, 1.82) is 0 Å². The highest BCUT2D eigenvalue weighted by Gasteiger charge is 2.17. The number of carbonyl (C=O) groups is 2. The zero-order valence-electron chi connectivity index (χ0n) is 12.8. The number of hydrogen-bond acceptors (Lipinski definition) is 4. The van der Waals surface area contributed by atoms with Crippen LogP contribution in [0.3, 0.4) is 0 Å². The summed E-state index contributed by atoms with van der Waals surface area (Å²) in [6.45, 7) is 6.37. The summed E-state index contributed by atoms with van der Waals surface area (Å²) in [5.41, 5.74) is 1.78. The molecule has 118 valence electrons. The Hall–Kier alpha value is -2.64. The Labute approximate surface area is 127 Å². The van der Waals surface area contributed by atoms with Gasteiger partial charge in [0.05, 0.1) is 11.7 Å². The molecule has 1 unspecified atom stereocenters. The highest BCUT2D eigenvalue weighted by molar-refractivity contribution is 5.86. The Morgan fingerprint density at radius 2 is 2.18 bits per heavy atom. The average Bonchev–Trinajstić information content (AvgIpc) is 3.04. The summed E-state index contributed by atoms with van der Waals surface area (Å²) in [6, 6.07) is 1.14. The molecule has 0 fully saturated rings. The van der Waals surface area contributed by atoms with Crippen LogP contribution in [0.1, 0.15) is 41.6 Å². The molecule has 0 aliphatic rings. The smallest absolute Gasteiger partial charge is 0.354 e. The second-order valence-electron chi connectivity index (χ2n) is 4.99. The number of aromatic carboxylic acids is 1. The lowest BCUT2D eigenvalue weighted by Crippen LogP contribution is -2.31. The number of carboxylic acid groups (broad SMARTS) is 1.